The predicted molar refractivity (Wildman–Crippen MR) is 165 cm³/mol. The average molecular weight is 627 g/mol. The summed E-state index contributed by atoms with van der Waals surface area (Å²) in [6.45, 7) is 14.7. The van der Waals surface area contributed by atoms with Crippen molar-refractivity contribution in [1.82, 2.24) is 10.3 Å². The monoisotopic (exact) mass is 626 g/mol. The van der Waals surface area contributed by atoms with Gasteiger partial charge in [-0.05, 0) is 33.2 Å². The zero-order valence-electron chi connectivity index (χ0n) is 26.9. The van der Waals surface area contributed by atoms with Crippen LogP contribution in [0.3, 0.4) is 0 Å². The lowest BCUT2D eigenvalue weighted by atomic mass is 10.2. The Balaban J connectivity index is 3.07. The SMILES string of the molecule is CNCCOCCOCCOCCOCCOCCOCCOCCOCCCCCOCCOCCN(N)/C=C(/C)N. The first kappa shape index (κ1) is 41.9. The molecule has 0 rings (SSSR count). The molecule has 0 aromatic rings. The molecule has 258 valence electrons. The summed E-state index contributed by atoms with van der Waals surface area (Å²) in [7, 11) is 1.90. The van der Waals surface area contributed by atoms with Crippen molar-refractivity contribution in [3.63, 3.8) is 0 Å². The Morgan fingerprint density at radius 3 is 1.12 bits per heavy atom. The van der Waals surface area contributed by atoms with Crippen LogP contribution in [0.1, 0.15) is 26.2 Å². The number of nitrogens with two attached hydrogens (primary N) is 2. The molecule has 0 radical (unpaired) electrons. The molecule has 0 aliphatic rings. The minimum Gasteiger partial charge on any atom is -0.401 e. The molecule has 5 N–H and O–H groups in total. The highest BCUT2D eigenvalue weighted by molar-refractivity contribution is 4.89. The maximum atomic E-state index is 5.73. The van der Waals surface area contributed by atoms with Gasteiger partial charge in [0, 0.05) is 31.7 Å². The Bertz CT molecular complexity index is 563. The molecule has 0 heterocycles. The van der Waals surface area contributed by atoms with E-state index in [9.17, 15) is 0 Å². The topological polar surface area (TPSA) is 160 Å². The molecule has 0 saturated heterocycles. The second-order valence-electron chi connectivity index (χ2n) is 9.40. The maximum Gasteiger partial charge on any atom is 0.0701 e. The average Bonchev–Trinajstić information content (AvgIpc) is 2.98. The Morgan fingerprint density at radius 1 is 0.488 bits per heavy atom. The lowest BCUT2D eigenvalue weighted by molar-refractivity contribution is -0.0231. The Hall–Kier alpha value is -1.14. The summed E-state index contributed by atoms with van der Waals surface area (Å²) in [6.07, 6.45) is 4.75. The molecule has 0 aliphatic carbocycles. The number of nitrogens with zero attached hydrogens (tertiary/aromatic N) is 1. The van der Waals surface area contributed by atoms with E-state index in [0.29, 0.717) is 131 Å². The summed E-state index contributed by atoms with van der Waals surface area (Å²) < 4.78 is 54.8. The number of rotatable bonds is 37. The van der Waals surface area contributed by atoms with Crippen LogP contribution in [0.2, 0.25) is 0 Å². The molecular weight excluding hydrogens is 564 g/mol. The maximum absolute atomic E-state index is 5.73. The van der Waals surface area contributed by atoms with Gasteiger partial charge in [0.2, 0.25) is 0 Å². The van der Waals surface area contributed by atoms with Crippen LogP contribution in [0, 0.1) is 0 Å². The molecule has 0 fully saturated rings. The van der Waals surface area contributed by atoms with Crippen molar-refractivity contribution in [3.05, 3.63) is 11.9 Å². The molecule has 14 nitrogen and oxygen atoms in total. The number of ether oxygens (including phenoxy) is 10. The first-order valence-corrected chi connectivity index (χ1v) is 15.5. The molecule has 0 atom stereocenters. The normalized spacial score (nSPS) is 11.9. The van der Waals surface area contributed by atoms with Crippen molar-refractivity contribution < 1.29 is 47.4 Å². The van der Waals surface area contributed by atoms with Gasteiger partial charge in [0.25, 0.3) is 0 Å². The third-order valence-electron chi connectivity index (χ3n) is 5.41. The highest BCUT2D eigenvalue weighted by Crippen LogP contribution is 1.97. The lowest BCUT2D eigenvalue weighted by Gasteiger charge is -2.14. The number of hydrazine groups is 1. The second-order valence-corrected chi connectivity index (χ2v) is 9.40. The highest BCUT2D eigenvalue weighted by atomic mass is 16.6. The van der Waals surface area contributed by atoms with Crippen molar-refractivity contribution in [2.24, 2.45) is 11.6 Å². The van der Waals surface area contributed by atoms with E-state index in [2.05, 4.69) is 5.32 Å². The van der Waals surface area contributed by atoms with Gasteiger partial charge < -0.3 is 63.4 Å². The summed E-state index contributed by atoms with van der Waals surface area (Å²) in [5.41, 5.74) is 6.22. The van der Waals surface area contributed by atoms with Gasteiger partial charge in [-0.25, -0.2) is 5.84 Å². The summed E-state index contributed by atoms with van der Waals surface area (Å²) in [4.78, 5) is 0. The Morgan fingerprint density at radius 2 is 0.791 bits per heavy atom. The number of allylic oxidation sites excluding steroid dienone is 1. The van der Waals surface area contributed by atoms with E-state index in [-0.39, 0.29) is 0 Å². The second kappa shape index (κ2) is 37.0. The van der Waals surface area contributed by atoms with Gasteiger partial charge in [-0.1, -0.05) is 0 Å². The fourth-order valence-corrected chi connectivity index (χ4v) is 3.22. The predicted octanol–water partition coefficient (Wildman–Crippen LogP) is 0.538. The number of nitrogens with one attached hydrogen (secondary N) is 1. The van der Waals surface area contributed by atoms with E-state index in [1.165, 1.54) is 5.01 Å². The summed E-state index contributed by atoms with van der Waals surface area (Å²) in [5, 5.41) is 4.54. The van der Waals surface area contributed by atoms with E-state index in [0.717, 1.165) is 39.0 Å². The third kappa shape index (κ3) is 38.8. The largest absolute Gasteiger partial charge is 0.401 e. The first-order chi connectivity index (χ1) is 21.2. The number of unbranched alkanes of at least 4 members (excludes halogenated alkanes) is 2. The van der Waals surface area contributed by atoms with Crippen molar-refractivity contribution in [3.8, 4) is 0 Å². The minimum absolute atomic E-state index is 0.527. The smallest absolute Gasteiger partial charge is 0.0701 e. The van der Waals surface area contributed by atoms with Gasteiger partial charge in [-0.3, -0.25) is 0 Å². The minimum atomic E-state index is 0.527. The lowest BCUT2D eigenvalue weighted by Crippen LogP contribution is -2.30. The van der Waals surface area contributed by atoms with Gasteiger partial charge >= 0.3 is 0 Å². The van der Waals surface area contributed by atoms with Crippen LogP contribution in [0.4, 0.5) is 0 Å². The molecule has 14 heteroatoms. The van der Waals surface area contributed by atoms with Crippen molar-refractivity contribution in [2.75, 3.05) is 152 Å². The standard InChI is InChI=1S/C29H62N4O10/c1-29(30)28-33(31)7-11-37-15-12-34-8-4-3-5-9-35-13-16-38-18-20-40-22-24-42-26-27-43-25-23-41-21-19-39-17-14-36-10-6-32-2/h28,32H,3-27,30-31H2,1-2H3/b29-28-. The van der Waals surface area contributed by atoms with Crippen LogP contribution in [0.25, 0.3) is 0 Å². The van der Waals surface area contributed by atoms with E-state index in [1.54, 1.807) is 13.1 Å². The van der Waals surface area contributed by atoms with Crippen LogP contribution < -0.4 is 16.9 Å². The van der Waals surface area contributed by atoms with Crippen molar-refractivity contribution in [1.29, 1.82) is 0 Å². The van der Waals surface area contributed by atoms with E-state index in [4.69, 9.17) is 58.9 Å². The molecule has 0 aliphatic heterocycles. The highest BCUT2D eigenvalue weighted by Gasteiger charge is 1.97. The molecule has 0 bridgehead atoms. The first-order valence-electron chi connectivity index (χ1n) is 15.5. The zero-order valence-corrected chi connectivity index (χ0v) is 26.9. The van der Waals surface area contributed by atoms with Crippen LogP contribution >= 0.6 is 0 Å². The molecular formula is C29H62N4O10. The summed E-state index contributed by atoms with van der Waals surface area (Å²) >= 11 is 0. The van der Waals surface area contributed by atoms with Gasteiger partial charge in [0.1, 0.15) is 0 Å². The fourth-order valence-electron chi connectivity index (χ4n) is 3.22. The summed E-state index contributed by atoms with van der Waals surface area (Å²) in [5.74, 6) is 5.73. The fraction of sp³-hybridized carbons (Fsp3) is 0.931. The number of hydrogen-bond donors (Lipinski definition) is 3. The van der Waals surface area contributed by atoms with E-state index >= 15 is 0 Å². The quantitative estimate of drug-likeness (QED) is 0.0498. The van der Waals surface area contributed by atoms with Crippen molar-refractivity contribution in [2.45, 2.75) is 26.2 Å². The van der Waals surface area contributed by atoms with Crippen molar-refractivity contribution >= 4 is 0 Å². The molecule has 0 aromatic heterocycles. The zero-order chi connectivity index (χ0) is 31.3. The van der Waals surface area contributed by atoms with Gasteiger partial charge in [0.05, 0.1) is 125 Å². The molecule has 43 heavy (non-hydrogen) atoms. The van der Waals surface area contributed by atoms with Crippen LogP contribution in [-0.2, 0) is 47.4 Å². The number of hydrogen-bond acceptors (Lipinski definition) is 14. The Labute approximate surface area is 259 Å². The van der Waals surface area contributed by atoms with Gasteiger partial charge in [0.15, 0.2) is 0 Å². The molecule has 0 spiro atoms. The molecule has 0 aromatic carbocycles. The third-order valence-corrected chi connectivity index (χ3v) is 5.41. The van der Waals surface area contributed by atoms with Crippen LogP contribution in [0.5, 0.6) is 0 Å². The van der Waals surface area contributed by atoms with Crippen LogP contribution in [0.15, 0.2) is 11.9 Å². The van der Waals surface area contributed by atoms with E-state index in [1.807, 2.05) is 7.05 Å². The Kier molecular flexibility index (Phi) is 36.1. The summed E-state index contributed by atoms with van der Waals surface area (Å²) in [6, 6.07) is 0. The molecule has 0 amide bonds. The molecule has 0 saturated carbocycles. The number of likely N-dealkylation sites (N-methyl/N-ethyl adjacent to an activating group) is 1. The van der Waals surface area contributed by atoms with E-state index < -0.39 is 0 Å². The van der Waals surface area contributed by atoms with Gasteiger partial charge in [-0.2, -0.15) is 0 Å². The molecule has 0 unspecified atom stereocenters. The van der Waals surface area contributed by atoms with Gasteiger partial charge in [-0.15, -0.1) is 0 Å². The van der Waals surface area contributed by atoms with Crippen LogP contribution in [-0.4, -0.2) is 157 Å².